The monoisotopic (exact) mass is 285 g/mol. The molecule has 0 bridgehead atoms. The standard InChI is InChI=1S/C10H9BrFN3O/c11-8-2-1-7(12)5-9(8)15-6-10(16)14-4-3-13/h1-2,5,15H,4,6H2,(H,14,16). The van der Waals surface area contributed by atoms with Crippen molar-refractivity contribution >= 4 is 27.5 Å². The first-order valence-corrected chi connectivity index (χ1v) is 5.25. The number of nitrogens with zero attached hydrogens (tertiary/aromatic N) is 1. The van der Waals surface area contributed by atoms with Crippen LogP contribution in [-0.4, -0.2) is 19.0 Å². The fraction of sp³-hybridized carbons (Fsp3) is 0.200. The van der Waals surface area contributed by atoms with Crippen molar-refractivity contribution in [3.8, 4) is 6.07 Å². The van der Waals surface area contributed by atoms with Gasteiger partial charge in [-0.25, -0.2) is 4.39 Å². The minimum atomic E-state index is -0.386. The lowest BCUT2D eigenvalue weighted by atomic mass is 10.3. The van der Waals surface area contributed by atoms with E-state index in [0.29, 0.717) is 10.2 Å². The highest BCUT2D eigenvalue weighted by atomic mass is 79.9. The first kappa shape index (κ1) is 12.5. The number of amides is 1. The molecule has 0 heterocycles. The number of benzene rings is 1. The first-order chi connectivity index (χ1) is 7.63. The Hall–Kier alpha value is -1.61. The van der Waals surface area contributed by atoms with Gasteiger partial charge in [-0.1, -0.05) is 0 Å². The highest BCUT2D eigenvalue weighted by Gasteiger charge is 2.04. The van der Waals surface area contributed by atoms with Crippen LogP contribution in [0.2, 0.25) is 0 Å². The molecule has 0 atom stereocenters. The average molecular weight is 286 g/mol. The van der Waals surface area contributed by atoms with E-state index < -0.39 is 0 Å². The molecule has 0 fully saturated rings. The van der Waals surface area contributed by atoms with Crippen LogP contribution < -0.4 is 10.6 Å². The van der Waals surface area contributed by atoms with E-state index in [1.165, 1.54) is 12.1 Å². The van der Waals surface area contributed by atoms with Gasteiger partial charge in [-0.05, 0) is 34.1 Å². The molecule has 0 saturated carbocycles. The number of hydrogen-bond acceptors (Lipinski definition) is 3. The highest BCUT2D eigenvalue weighted by Crippen LogP contribution is 2.22. The van der Waals surface area contributed by atoms with Gasteiger partial charge in [-0.2, -0.15) is 5.26 Å². The molecule has 1 amide bonds. The summed E-state index contributed by atoms with van der Waals surface area (Å²) >= 11 is 3.22. The Bertz CT molecular complexity index is 431. The Labute approximate surface area is 101 Å². The Balaban J connectivity index is 2.51. The Morgan fingerprint density at radius 1 is 1.56 bits per heavy atom. The van der Waals surface area contributed by atoms with Gasteiger partial charge in [-0.3, -0.25) is 4.79 Å². The third kappa shape index (κ3) is 3.87. The van der Waals surface area contributed by atoms with Crippen molar-refractivity contribution in [2.24, 2.45) is 0 Å². The molecular formula is C10H9BrFN3O. The van der Waals surface area contributed by atoms with Crippen LogP contribution >= 0.6 is 15.9 Å². The molecule has 1 aromatic carbocycles. The van der Waals surface area contributed by atoms with Crippen LogP contribution in [-0.2, 0) is 4.79 Å². The van der Waals surface area contributed by atoms with Crippen molar-refractivity contribution < 1.29 is 9.18 Å². The lowest BCUT2D eigenvalue weighted by Crippen LogP contribution is -2.30. The van der Waals surface area contributed by atoms with Gasteiger partial charge in [0, 0.05) is 4.47 Å². The van der Waals surface area contributed by atoms with Crippen molar-refractivity contribution in [1.29, 1.82) is 5.26 Å². The predicted molar refractivity (Wildman–Crippen MR) is 61.2 cm³/mol. The molecule has 1 rings (SSSR count). The van der Waals surface area contributed by atoms with E-state index in [0.717, 1.165) is 0 Å². The SMILES string of the molecule is N#CCNC(=O)CNc1cc(F)ccc1Br. The molecule has 2 N–H and O–H groups in total. The molecule has 0 saturated heterocycles. The molecule has 84 valence electrons. The summed E-state index contributed by atoms with van der Waals surface area (Å²) in [4.78, 5) is 11.1. The zero-order valence-corrected chi connectivity index (χ0v) is 9.84. The van der Waals surface area contributed by atoms with Crippen LogP contribution in [0.15, 0.2) is 22.7 Å². The number of halogens is 2. The second-order valence-electron chi connectivity index (χ2n) is 2.91. The largest absolute Gasteiger partial charge is 0.375 e. The quantitative estimate of drug-likeness (QED) is 0.827. The van der Waals surface area contributed by atoms with E-state index in [-0.39, 0.29) is 24.8 Å². The van der Waals surface area contributed by atoms with Gasteiger partial charge in [0.15, 0.2) is 0 Å². The van der Waals surface area contributed by atoms with Crippen LogP contribution in [0.5, 0.6) is 0 Å². The van der Waals surface area contributed by atoms with Gasteiger partial charge in [0.1, 0.15) is 12.4 Å². The number of nitriles is 1. The number of anilines is 1. The third-order valence-corrected chi connectivity index (χ3v) is 2.42. The summed E-state index contributed by atoms with van der Waals surface area (Å²) in [5, 5.41) is 13.4. The van der Waals surface area contributed by atoms with Crippen LogP contribution in [0.25, 0.3) is 0 Å². The van der Waals surface area contributed by atoms with Crippen molar-refractivity contribution in [3.05, 3.63) is 28.5 Å². The van der Waals surface area contributed by atoms with Gasteiger partial charge in [0.2, 0.25) is 5.91 Å². The van der Waals surface area contributed by atoms with E-state index in [9.17, 15) is 9.18 Å². The number of nitrogens with one attached hydrogen (secondary N) is 2. The average Bonchev–Trinajstić information content (AvgIpc) is 2.27. The molecule has 0 radical (unpaired) electrons. The topological polar surface area (TPSA) is 64.9 Å². The molecule has 4 nitrogen and oxygen atoms in total. The molecule has 16 heavy (non-hydrogen) atoms. The summed E-state index contributed by atoms with van der Waals surface area (Å²) in [6.45, 7) is -0.0471. The molecule has 0 aliphatic carbocycles. The van der Waals surface area contributed by atoms with Gasteiger partial charge >= 0.3 is 0 Å². The summed E-state index contributed by atoms with van der Waals surface area (Å²) in [5.41, 5.74) is 0.493. The maximum absolute atomic E-state index is 12.9. The van der Waals surface area contributed by atoms with Crippen LogP contribution in [0, 0.1) is 17.1 Å². The number of hydrogen-bond donors (Lipinski definition) is 2. The van der Waals surface area contributed by atoms with Gasteiger partial charge in [-0.15, -0.1) is 0 Å². The summed E-state index contributed by atoms with van der Waals surface area (Å²) in [6.07, 6.45) is 0. The summed E-state index contributed by atoms with van der Waals surface area (Å²) in [5.74, 6) is -0.708. The van der Waals surface area contributed by atoms with Crippen LogP contribution in [0.3, 0.4) is 0 Å². The minimum Gasteiger partial charge on any atom is -0.375 e. The highest BCUT2D eigenvalue weighted by molar-refractivity contribution is 9.10. The van der Waals surface area contributed by atoms with Crippen molar-refractivity contribution in [1.82, 2.24) is 5.32 Å². The second-order valence-corrected chi connectivity index (χ2v) is 3.77. The lowest BCUT2D eigenvalue weighted by Gasteiger charge is -2.07. The lowest BCUT2D eigenvalue weighted by molar-refractivity contribution is -0.119. The number of carbonyl (C=O) groups excluding carboxylic acids is 1. The molecular weight excluding hydrogens is 277 g/mol. The van der Waals surface area contributed by atoms with Gasteiger partial charge in [0.25, 0.3) is 0 Å². The maximum Gasteiger partial charge on any atom is 0.240 e. The third-order valence-electron chi connectivity index (χ3n) is 1.73. The van der Waals surface area contributed by atoms with Crippen molar-refractivity contribution in [2.45, 2.75) is 0 Å². The summed E-state index contributed by atoms with van der Waals surface area (Å²) in [6, 6.07) is 5.92. The Kier molecular flexibility index (Phi) is 4.73. The first-order valence-electron chi connectivity index (χ1n) is 4.46. The van der Waals surface area contributed by atoms with E-state index in [4.69, 9.17) is 5.26 Å². The van der Waals surface area contributed by atoms with Crippen LogP contribution in [0.1, 0.15) is 0 Å². The van der Waals surface area contributed by atoms with Crippen LogP contribution in [0.4, 0.5) is 10.1 Å². The molecule has 0 unspecified atom stereocenters. The number of carbonyl (C=O) groups is 1. The van der Waals surface area contributed by atoms with E-state index >= 15 is 0 Å². The molecule has 0 spiro atoms. The maximum atomic E-state index is 12.9. The molecule has 0 aromatic heterocycles. The predicted octanol–water partition coefficient (Wildman–Crippen LogP) is 1.64. The Morgan fingerprint density at radius 3 is 3.00 bits per heavy atom. The van der Waals surface area contributed by atoms with Gasteiger partial charge in [0.05, 0.1) is 18.3 Å². The van der Waals surface area contributed by atoms with Gasteiger partial charge < -0.3 is 10.6 Å². The van der Waals surface area contributed by atoms with Crippen molar-refractivity contribution in [3.63, 3.8) is 0 Å². The Morgan fingerprint density at radius 2 is 2.31 bits per heavy atom. The minimum absolute atomic E-state index is 0.0102. The normalized spacial score (nSPS) is 9.31. The van der Waals surface area contributed by atoms with E-state index in [1.807, 2.05) is 0 Å². The molecule has 0 aliphatic rings. The zero-order chi connectivity index (χ0) is 12.0. The smallest absolute Gasteiger partial charge is 0.240 e. The second kappa shape index (κ2) is 6.08. The number of rotatable bonds is 4. The fourth-order valence-corrected chi connectivity index (χ4v) is 1.40. The van der Waals surface area contributed by atoms with Crippen molar-refractivity contribution in [2.75, 3.05) is 18.4 Å². The molecule has 1 aromatic rings. The zero-order valence-electron chi connectivity index (χ0n) is 8.26. The summed E-state index contributed by atoms with van der Waals surface area (Å²) < 4.78 is 13.5. The summed E-state index contributed by atoms with van der Waals surface area (Å²) in [7, 11) is 0. The van der Waals surface area contributed by atoms with E-state index in [1.54, 1.807) is 12.1 Å². The molecule has 6 heteroatoms. The fourth-order valence-electron chi connectivity index (χ4n) is 1.01. The molecule has 0 aliphatic heterocycles. The van der Waals surface area contributed by atoms with E-state index in [2.05, 4.69) is 26.6 Å².